The van der Waals surface area contributed by atoms with Gasteiger partial charge in [0.15, 0.2) is 0 Å². The lowest BCUT2D eigenvalue weighted by Gasteiger charge is -2.40. The molecule has 120 valence electrons. The van der Waals surface area contributed by atoms with Crippen molar-refractivity contribution in [2.24, 2.45) is 7.05 Å². The predicted octanol–water partition coefficient (Wildman–Crippen LogP) is 1.87. The fraction of sp³-hybridized carbons (Fsp3) is 0.438. The largest absolute Gasteiger partial charge is 0.337 e. The molecule has 0 N–H and O–H groups in total. The summed E-state index contributed by atoms with van der Waals surface area (Å²) < 4.78 is 2.01. The van der Waals surface area contributed by atoms with Crippen LogP contribution >= 0.6 is 11.3 Å². The third-order valence-corrected chi connectivity index (χ3v) is 5.22. The van der Waals surface area contributed by atoms with E-state index in [2.05, 4.69) is 22.9 Å². The number of hydrogen-bond donors (Lipinski definition) is 0. The fourth-order valence-corrected chi connectivity index (χ4v) is 3.84. The fourth-order valence-electron chi connectivity index (χ4n) is 3.03. The maximum absolute atomic E-state index is 12.8. The summed E-state index contributed by atoms with van der Waals surface area (Å²) >= 11 is 1.34. The molecule has 0 aliphatic carbocycles. The molecule has 1 atom stereocenters. The molecule has 7 heteroatoms. The van der Waals surface area contributed by atoms with Gasteiger partial charge in [0.2, 0.25) is 0 Å². The summed E-state index contributed by atoms with van der Waals surface area (Å²) in [6.45, 7) is 5.13. The predicted molar refractivity (Wildman–Crippen MR) is 88.1 cm³/mol. The molecule has 0 radical (unpaired) electrons. The first-order chi connectivity index (χ1) is 11.2. The molecule has 1 fully saturated rings. The molecular formula is C16H19N5OS. The van der Waals surface area contributed by atoms with E-state index in [-0.39, 0.29) is 11.9 Å². The molecule has 0 spiro atoms. The van der Waals surface area contributed by atoms with Crippen molar-refractivity contribution in [2.75, 3.05) is 26.2 Å². The average Bonchev–Trinajstić information content (AvgIpc) is 3.22. The lowest BCUT2D eigenvalue weighted by molar-refractivity contribution is 0.0477. The van der Waals surface area contributed by atoms with Crippen LogP contribution in [0.1, 0.15) is 34.0 Å². The number of likely N-dealkylation sites (N-methyl/N-ethyl adjacent to an activating group) is 1. The second kappa shape index (κ2) is 6.52. The first-order valence-electron chi connectivity index (χ1n) is 7.63. The van der Waals surface area contributed by atoms with E-state index in [9.17, 15) is 4.79 Å². The molecule has 2 aromatic heterocycles. The van der Waals surface area contributed by atoms with E-state index in [1.165, 1.54) is 11.3 Å². The van der Waals surface area contributed by atoms with Crippen molar-refractivity contribution in [3.8, 4) is 6.07 Å². The number of aryl methyl sites for hydroxylation is 1. The highest BCUT2D eigenvalue weighted by Crippen LogP contribution is 2.26. The summed E-state index contributed by atoms with van der Waals surface area (Å²) in [5, 5.41) is 10.9. The molecule has 3 rings (SSSR count). The van der Waals surface area contributed by atoms with Crippen molar-refractivity contribution in [1.82, 2.24) is 19.4 Å². The van der Waals surface area contributed by atoms with Crippen LogP contribution in [-0.4, -0.2) is 51.4 Å². The first kappa shape index (κ1) is 15.7. The van der Waals surface area contributed by atoms with Gasteiger partial charge in [0.25, 0.3) is 5.91 Å². The maximum atomic E-state index is 12.8. The lowest BCUT2D eigenvalue weighted by atomic mass is 10.1. The van der Waals surface area contributed by atoms with Crippen molar-refractivity contribution in [3.05, 3.63) is 40.1 Å². The molecular weight excluding hydrogens is 310 g/mol. The minimum absolute atomic E-state index is 0.0495. The number of rotatable bonds is 3. The standard InChI is InChI=1S/C16H19N5OS/c1-3-20-7-8-21(11-13(20)15-18-5-6-19(15)2)16(22)14-12(10-17)4-9-23-14/h4-6,9,13H,3,7-8,11H2,1-2H3. The number of piperazine rings is 1. The molecule has 1 aliphatic rings. The first-order valence-corrected chi connectivity index (χ1v) is 8.51. The van der Waals surface area contributed by atoms with Crippen molar-refractivity contribution in [1.29, 1.82) is 5.26 Å². The van der Waals surface area contributed by atoms with Gasteiger partial charge in [-0.05, 0) is 18.0 Å². The van der Waals surface area contributed by atoms with Crippen LogP contribution in [0, 0.1) is 11.3 Å². The van der Waals surface area contributed by atoms with E-state index in [1.54, 1.807) is 17.6 Å². The number of carbonyl (C=O) groups excluding carboxylic acids is 1. The van der Waals surface area contributed by atoms with Crippen molar-refractivity contribution in [2.45, 2.75) is 13.0 Å². The second-order valence-corrected chi connectivity index (χ2v) is 6.48. The van der Waals surface area contributed by atoms with E-state index >= 15 is 0 Å². The Morgan fingerprint density at radius 2 is 2.35 bits per heavy atom. The van der Waals surface area contributed by atoms with Crippen LogP contribution < -0.4 is 0 Å². The number of hydrogen-bond acceptors (Lipinski definition) is 5. The molecule has 0 saturated carbocycles. The Morgan fingerprint density at radius 3 is 3.00 bits per heavy atom. The van der Waals surface area contributed by atoms with Crippen LogP contribution in [0.5, 0.6) is 0 Å². The van der Waals surface area contributed by atoms with E-state index in [0.29, 0.717) is 23.5 Å². The maximum Gasteiger partial charge on any atom is 0.265 e. The van der Waals surface area contributed by atoms with E-state index in [0.717, 1.165) is 18.9 Å². The number of imidazole rings is 1. The molecule has 6 nitrogen and oxygen atoms in total. The Labute approximate surface area is 139 Å². The SMILES string of the molecule is CCN1CCN(C(=O)c2sccc2C#N)CC1c1nccn1C. The van der Waals surface area contributed by atoms with E-state index < -0.39 is 0 Å². The molecule has 1 unspecified atom stereocenters. The number of amides is 1. The highest BCUT2D eigenvalue weighted by Gasteiger charge is 2.33. The van der Waals surface area contributed by atoms with Crippen molar-refractivity contribution >= 4 is 17.2 Å². The second-order valence-electron chi connectivity index (χ2n) is 5.57. The van der Waals surface area contributed by atoms with Crippen LogP contribution in [0.3, 0.4) is 0 Å². The van der Waals surface area contributed by atoms with Gasteiger partial charge < -0.3 is 9.47 Å². The Morgan fingerprint density at radius 1 is 1.52 bits per heavy atom. The minimum atomic E-state index is -0.0495. The van der Waals surface area contributed by atoms with Gasteiger partial charge in [-0.2, -0.15) is 5.26 Å². The number of carbonyl (C=O) groups is 1. The van der Waals surface area contributed by atoms with Crippen LogP contribution in [0.2, 0.25) is 0 Å². The van der Waals surface area contributed by atoms with Crippen molar-refractivity contribution < 1.29 is 4.79 Å². The monoisotopic (exact) mass is 329 g/mol. The van der Waals surface area contributed by atoms with Gasteiger partial charge in [-0.1, -0.05) is 6.92 Å². The van der Waals surface area contributed by atoms with Crippen LogP contribution in [0.25, 0.3) is 0 Å². The molecule has 1 aliphatic heterocycles. The summed E-state index contributed by atoms with van der Waals surface area (Å²) in [5.41, 5.74) is 0.464. The van der Waals surface area contributed by atoms with Gasteiger partial charge in [-0.3, -0.25) is 9.69 Å². The quantitative estimate of drug-likeness (QED) is 0.862. The summed E-state index contributed by atoms with van der Waals surface area (Å²) in [7, 11) is 1.98. The molecule has 1 saturated heterocycles. The Balaban J connectivity index is 1.84. The Bertz CT molecular complexity index is 744. The summed E-state index contributed by atoms with van der Waals surface area (Å²) in [4.78, 5) is 22.0. The third kappa shape index (κ3) is 2.87. The van der Waals surface area contributed by atoms with Gasteiger partial charge >= 0.3 is 0 Å². The number of aromatic nitrogens is 2. The zero-order valence-electron chi connectivity index (χ0n) is 13.3. The highest BCUT2D eigenvalue weighted by atomic mass is 32.1. The van der Waals surface area contributed by atoms with Gasteiger partial charge in [0, 0.05) is 39.1 Å². The summed E-state index contributed by atoms with van der Waals surface area (Å²) in [5.74, 6) is 0.919. The zero-order chi connectivity index (χ0) is 16.4. The molecule has 1 amide bonds. The smallest absolute Gasteiger partial charge is 0.265 e. The van der Waals surface area contributed by atoms with Crippen molar-refractivity contribution in [3.63, 3.8) is 0 Å². The normalized spacial score (nSPS) is 18.8. The number of nitrogens with zero attached hydrogens (tertiary/aromatic N) is 5. The lowest BCUT2D eigenvalue weighted by Crippen LogP contribution is -2.50. The van der Waals surface area contributed by atoms with Gasteiger partial charge in [0.05, 0.1) is 11.6 Å². The van der Waals surface area contributed by atoms with Crippen LogP contribution in [-0.2, 0) is 7.05 Å². The summed E-state index contributed by atoms with van der Waals surface area (Å²) in [6.07, 6.45) is 3.72. The molecule has 3 heterocycles. The number of thiophene rings is 1. The molecule has 0 aromatic carbocycles. The number of nitriles is 1. The van der Waals surface area contributed by atoms with E-state index in [1.807, 2.05) is 22.7 Å². The van der Waals surface area contributed by atoms with Crippen LogP contribution in [0.15, 0.2) is 23.8 Å². The zero-order valence-corrected chi connectivity index (χ0v) is 14.1. The molecule has 23 heavy (non-hydrogen) atoms. The van der Waals surface area contributed by atoms with Gasteiger partial charge in [-0.25, -0.2) is 4.98 Å². The highest BCUT2D eigenvalue weighted by molar-refractivity contribution is 7.12. The third-order valence-electron chi connectivity index (χ3n) is 4.32. The van der Waals surface area contributed by atoms with Crippen LogP contribution in [0.4, 0.5) is 0 Å². The minimum Gasteiger partial charge on any atom is -0.337 e. The van der Waals surface area contributed by atoms with Gasteiger partial charge in [-0.15, -0.1) is 11.3 Å². The topological polar surface area (TPSA) is 65.2 Å². The summed E-state index contributed by atoms with van der Waals surface area (Å²) in [6, 6.07) is 3.89. The van der Waals surface area contributed by atoms with E-state index in [4.69, 9.17) is 5.26 Å². The Kier molecular flexibility index (Phi) is 4.46. The average molecular weight is 329 g/mol. The molecule has 0 bridgehead atoms. The molecule has 2 aromatic rings. The van der Waals surface area contributed by atoms with Gasteiger partial charge in [0.1, 0.15) is 16.8 Å². The Hall–Kier alpha value is -2.17.